The highest BCUT2D eigenvalue weighted by molar-refractivity contribution is 5.26. The number of alkyl halides is 1. The predicted molar refractivity (Wildman–Crippen MR) is 77.1 cm³/mol. The monoisotopic (exact) mass is 249 g/mol. The number of nitrogens with zero attached hydrogens (tertiary/aromatic N) is 1. The quantitative estimate of drug-likeness (QED) is 0.621. The molecule has 0 saturated heterocycles. The molecule has 0 aliphatic heterocycles. The van der Waals surface area contributed by atoms with E-state index in [4.69, 9.17) is 0 Å². The summed E-state index contributed by atoms with van der Waals surface area (Å²) in [5.74, 6) is 0. The Morgan fingerprint density at radius 2 is 1.89 bits per heavy atom. The Morgan fingerprint density at radius 1 is 1.28 bits per heavy atom. The fourth-order valence-corrected chi connectivity index (χ4v) is 2.03. The second kappa shape index (κ2) is 6.67. The highest BCUT2D eigenvalue weighted by Crippen LogP contribution is 2.24. The van der Waals surface area contributed by atoms with Crippen molar-refractivity contribution in [3.63, 3.8) is 0 Å². The van der Waals surface area contributed by atoms with E-state index in [-0.39, 0.29) is 0 Å². The molecule has 0 spiro atoms. The number of aryl methyl sites for hydroxylation is 1. The molecule has 0 aliphatic carbocycles. The first-order valence-electron chi connectivity index (χ1n) is 6.71. The average Bonchev–Trinajstić information content (AvgIpc) is 2.34. The first-order chi connectivity index (χ1) is 8.47. The van der Waals surface area contributed by atoms with Crippen LogP contribution in [-0.4, -0.2) is 12.8 Å². The minimum atomic E-state index is -1.25. The Bertz CT molecular complexity index is 362. The van der Waals surface area contributed by atoms with Crippen LogP contribution in [0.1, 0.15) is 51.2 Å². The van der Waals surface area contributed by atoms with Crippen LogP contribution < -0.4 is 0 Å². The van der Waals surface area contributed by atoms with Gasteiger partial charge in [0.15, 0.2) is 0 Å². The average molecular weight is 249 g/mol. The van der Waals surface area contributed by atoms with Crippen LogP contribution in [0.3, 0.4) is 0 Å². The predicted octanol–water partition coefficient (Wildman–Crippen LogP) is 4.69. The molecule has 1 aromatic rings. The molecule has 2 heteroatoms. The van der Waals surface area contributed by atoms with Gasteiger partial charge in [0, 0.05) is 6.04 Å². The molecule has 1 rings (SSSR count). The molecule has 1 atom stereocenters. The third-order valence-electron chi connectivity index (χ3n) is 3.37. The molecule has 0 amide bonds. The van der Waals surface area contributed by atoms with Crippen LogP contribution in [0, 0.1) is 0 Å². The molecule has 0 aromatic heterocycles. The maximum Gasteiger partial charge on any atom is 0.130 e. The summed E-state index contributed by atoms with van der Waals surface area (Å²) in [6, 6.07) is 8.21. The van der Waals surface area contributed by atoms with Crippen molar-refractivity contribution in [2.75, 3.05) is 0 Å². The van der Waals surface area contributed by atoms with Gasteiger partial charge in [0.25, 0.3) is 0 Å². The zero-order valence-corrected chi connectivity index (χ0v) is 11.7. The number of rotatable bonds is 7. The fourth-order valence-electron chi connectivity index (χ4n) is 2.03. The number of halogens is 1. The van der Waals surface area contributed by atoms with E-state index >= 15 is 0 Å². The Balaban J connectivity index is 2.47. The van der Waals surface area contributed by atoms with Crippen molar-refractivity contribution in [1.29, 1.82) is 0 Å². The maximum atomic E-state index is 13.7. The smallest absolute Gasteiger partial charge is 0.130 e. The summed E-state index contributed by atoms with van der Waals surface area (Å²) in [6.07, 6.45) is 4.27. The second-order valence-corrected chi connectivity index (χ2v) is 5.31. The normalized spacial score (nSPS) is 13.3. The summed E-state index contributed by atoms with van der Waals surface area (Å²) < 4.78 is 13.7. The Hall–Kier alpha value is -1.18. The lowest BCUT2D eigenvalue weighted by Crippen LogP contribution is -2.08. The minimum Gasteiger partial charge on any atom is -0.298 e. The van der Waals surface area contributed by atoms with Gasteiger partial charge in [-0.05, 0) is 57.4 Å². The molecule has 0 N–H and O–H groups in total. The van der Waals surface area contributed by atoms with E-state index in [1.54, 1.807) is 13.8 Å². The standard InChI is InChI=1S/C16H24FN/c1-5-15(18-4)8-6-7-13-9-11-14(12-10-13)16(2,3)17/h9-12,15H,4-8H2,1-3H3. The molecular formula is C16H24FN. The molecule has 1 aromatic carbocycles. The van der Waals surface area contributed by atoms with Gasteiger partial charge in [-0.3, -0.25) is 4.99 Å². The molecule has 1 nitrogen and oxygen atoms in total. The van der Waals surface area contributed by atoms with Gasteiger partial charge >= 0.3 is 0 Å². The third-order valence-corrected chi connectivity index (χ3v) is 3.37. The van der Waals surface area contributed by atoms with Gasteiger partial charge in [-0.15, -0.1) is 0 Å². The second-order valence-electron chi connectivity index (χ2n) is 5.31. The summed E-state index contributed by atoms with van der Waals surface area (Å²) in [7, 11) is 0. The fraction of sp³-hybridized carbons (Fsp3) is 0.562. The van der Waals surface area contributed by atoms with E-state index < -0.39 is 5.67 Å². The van der Waals surface area contributed by atoms with Crippen LogP contribution >= 0.6 is 0 Å². The Kier molecular flexibility index (Phi) is 5.52. The molecular weight excluding hydrogens is 225 g/mol. The largest absolute Gasteiger partial charge is 0.298 e. The van der Waals surface area contributed by atoms with Crippen molar-refractivity contribution in [2.24, 2.45) is 4.99 Å². The number of hydrogen-bond donors (Lipinski definition) is 0. The van der Waals surface area contributed by atoms with E-state index in [0.717, 1.165) is 31.2 Å². The van der Waals surface area contributed by atoms with Crippen molar-refractivity contribution in [3.05, 3.63) is 35.4 Å². The van der Waals surface area contributed by atoms with Crippen LogP contribution in [0.15, 0.2) is 29.3 Å². The Morgan fingerprint density at radius 3 is 2.33 bits per heavy atom. The molecule has 0 radical (unpaired) electrons. The lowest BCUT2D eigenvalue weighted by Gasteiger charge is -2.15. The first-order valence-corrected chi connectivity index (χ1v) is 6.71. The molecule has 0 bridgehead atoms. The van der Waals surface area contributed by atoms with Crippen molar-refractivity contribution in [2.45, 2.75) is 58.2 Å². The number of aliphatic imine (C=N–C) groups is 1. The summed E-state index contributed by atoms with van der Waals surface area (Å²) >= 11 is 0. The maximum absolute atomic E-state index is 13.7. The lowest BCUT2D eigenvalue weighted by molar-refractivity contribution is 0.221. The molecule has 0 fully saturated rings. The molecule has 0 aliphatic rings. The summed E-state index contributed by atoms with van der Waals surface area (Å²) in [5.41, 5.74) is 0.755. The van der Waals surface area contributed by atoms with Crippen LogP contribution in [0.25, 0.3) is 0 Å². The van der Waals surface area contributed by atoms with Crippen LogP contribution in [-0.2, 0) is 12.1 Å². The van der Waals surface area contributed by atoms with Crippen molar-refractivity contribution in [1.82, 2.24) is 0 Å². The highest BCUT2D eigenvalue weighted by atomic mass is 19.1. The summed E-state index contributed by atoms with van der Waals surface area (Å²) in [6.45, 7) is 8.91. The zero-order valence-electron chi connectivity index (χ0n) is 11.7. The van der Waals surface area contributed by atoms with Crippen LogP contribution in [0.5, 0.6) is 0 Å². The Labute approximate surface area is 110 Å². The van der Waals surface area contributed by atoms with Crippen molar-refractivity contribution in [3.8, 4) is 0 Å². The van der Waals surface area contributed by atoms with Gasteiger partial charge in [0.1, 0.15) is 5.67 Å². The summed E-state index contributed by atoms with van der Waals surface area (Å²) in [5, 5.41) is 0. The lowest BCUT2D eigenvalue weighted by atomic mass is 9.97. The number of hydrogen-bond acceptors (Lipinski definition) is 1. The molecule has 100 valence electrons. The number of benzene rings is 1. The highest BCUT2D eigenvalue weighted by Gasteiger charge is 2.17. The minimum absolute atomic E-state index is 0.383. The van der Waals surface area contributed by atoms with Crippen LogP contribution in [0.4, 0.5) is 4.39 Å². The van der Waals surface area contributed by atoms with Gasteiger partial charge in [-0.25, -0.2) is 4.39 Å². The molecule has 0 heterocycles. The van der Waals surface area contributed by atoms with E-state index in [1.165, 1.54) is 5.56 Å². The van der Waals surface area contributed by atoms with Gasteiger partial charge < -0.3 is 0 Å². The summed E-state index contributed by atoms with van der Waals surface area (Å²) in [4.78, 5) is 4.08. The van der Waals surface area contributed by atoms with E-state index in [2.05, 4.69) is 18.6 Å². The van der Waals surface area contributed by atoms with Gasteiger partial charge in [-0.2, -0.15) is 0 Å². The molecule has 18 heavy (non-hydrogen) atoms. The molecule has 0 saturated carbocycles. The van der Waals surface area contributed by atoms with Gasteiger partial charge in [-0.1, -0.05) is 31.2 Å². The third kappa shape index (κ3) is 4.59. The SMILES string of the molecule is C=NC(CC)CCCc1ccc(C(C)(C)F)cc1. The van der Waals surface area contributed by atoms with Crippen molar-refractivity contribution < 1.29 is 4.39 Å². The van der Waals surface area contributed by atoms with E-state index in [1.807, 2.05) is 24.3 Å². The van der Waals surface area contributed by atoms with Gasteiger partial charge in [0.2, 0.25) is 0 Å². The topological polar surface area (TPSA) is 12.4 Å². The van der Waals surface area contributed by atoms with Crippen molar-refractivity contribution >= 4 is 6.72 Å². The van der Waals surface area contributed by atoms with Crippen LogP contribution in [0.2, 0.25) is 0 Å². The molecule has 1 unspecified atom stereocenters. The van der Waals surface area contributed by atoms with Gasteiger partial charge in [0.05, 0.1) is 0 Å². The zero-order chi connectivity index (χ0) is 13.6. The first kappa shape index (κ1) is 14.9. The van der Waals surface area contributed by atoms with E-state index in [0.29, 0.717) is 6.04 Å². The van der Waals surface area contributed by atoms with E-state index in [9.17, 15) is 4.39 Å².